The molecule has 5 heterocycles. The second kappa shape index (κ2) is 21.8. The van der Waals surface area contributed by atoms with Crippen LogP contribution in [0.5, 0.6) is 0 Å². The van der Waals surface area contributed by atoms with Gasteiger partial charge in [-0.1, -0.05) is 25.7 Å². The molecule has 0 radical (unpaired) electrons. The van der Waals surface area contributed by atoms with Gasteiger partial charge in [0.15, 0.2) is 29.6 Å². The smallest absolute Gasteiger partial charge is 0.243 e. The van der Waals surface area contributed by atoms with E-state index in [4.69, 9.17) is 15.4 Å². The fourth-order valence-corrected chi connectivity index (χ4v) is 6.86. The Balaban J connectivity index is 0.000000281. The van der Waals surface area contributed by atoms with Gasteiger partial charge in [-0.25, -0.2) is 35.7 Å². The van der Waals surface area contributed by atoms with Crippen LogP contribution in [0.2, 0.25) is 0 Å². The Morgan fingerprint density at radius 2 is 1.40 bits per heavy atom. The molecule has 1 aliphatic carbocycles. The Labute approximate surface area is 337 Å². The Morgan fingerprint density at radius 1 is 0.862 bits per heavy atom. The van der Waals surface area contributed by atoms with Gasteiger partial charge in [-0.15, -0.1) is 0 Å². The number of rotatable bonds is 17. The molecule has 17 nitrogen and oxygen atoms in total. The molecule has 19 heteroatoms. The van der Waals surface area contributed by atoms with Crippen molar-refractivity contribution in [1.29, 1.82) is 0 Å². The number of nitrogens with two attached hydrogens (primary N) is 1. The molecule has 2 amide bonds. The van der Waals surface area contributed by atoms with Crippen LogP contribution >= 0.6 is 0 Å². The fourth-order valence-electron chi connectivity index (χ4n) is 6.86. The van der Waals surface area contributed by atoms with Gasteiger partial charge >= 0.3 is 0 Å². The van der Waals surface area contributed by atoms with E-state index in [2.05, 4.69) is 46.2 Å². The zero-order valence-electron chi connectivity index (χ0n) is 33.4. The molecular formula is C39H53F2N13O4. The van der Waals surface area contributed by atoms with Crippen molar-refractivity contribution in [3.63, 3.8) is 0 Å². The van der Waals surface area contributed by atoms with Crippen LogP contribution in [0.4, 0.5) is 32.1 Å². The van der Waals surface area contributed by atoms with Gasteiger partial charge in [0.25, 0.3) is 0 Å². The number of carbonyl (C=O) groups excluding carboxylic acids is 2. The van der Waals surface area contributed by atoms with Crippen LogP contribution in [0, 0.1) is 37.3 Å². The number of nitrogens with zero attached hydrogens (tertiary/aromatic N) is 9. The first-order chi connectivity index (χ1) is 28.0. The van der Waals surface area contributed by atoms with Crippen molar-refractivity contribution >= 4 is 35.6 Å². The summed E-state index contributed by atoms with van der Waals surface area (Å²) in [6.07, 6.45) is 14.3. The highest BCUT2D eigenvalue weighted by molar-refractivity contribution is 5.80. The SMILES string of the molecule is Cc1nc(NN)c(F)c(N(C)Cc2ccncc2)n1.Cc1nc(NNC(=O)[C@H](CC2CCCC2)CN(C=O)OC2CCCCO2)c(F)c(N(C)Cc2ccncc2)n1. The molecule has 4 aromatic heterocycles. The summed E-state index contributed by atoms with van der Waals surface area (Å²) < 4.78 is 35.1. The summed E-state index contributed by atoms with van der Waals surface area (Å²) in [5, 5.41) is 1.15. The zero-order chi connectivity index (χ0) is 41.4. The molecule has 58 heavy (non-hydrogen) atoms. The van der Waals surface area contributed by atoms with E-state index in [0.29, 0.717) is 56.5 Å². The first kappa shape index (κ1) is 43.5. The van der Waals surface area contributed by atoms with Crippen LogP contribution in [0.3, 0.4) is 0 Å². The summed E-state index contributed by atoms with van der Waals surface area (Å²) in [5.41, 5.74) is 9.46. The maximum atomic E-state index is 15.4. The number of amides is 2. The van der Waals surface area contributed by atoms with Crippen LogP contribution in [0.1, 0.15) is 74.1 Å². The lowest BCUT2D eigenvalue weighted by Crippen LogP contribution is -2.43. The number of pyridine rings is 2. The van der Waals surface area contributed by atoms with Crippen molar-refractivity contribution < 1.29 is 27.9 Å². The quantitative estimate of drug-likeness (QED) is 0.0647. The van der Waals surface area contributed by atoms with Crippen LogP contribution < -0.4 is 31.9 Å². The Hall–Kier alpha value is -5.66. The number of hydroxylamine groups is 2. The number of hydrazine groups is 2. The van der Waals surface area contributed by atoms with Gasteiger partial charge < -0.3 is 20.0 Å². The summed E-state index contributed by atoms with van der Waals surface area (Å²) in [6.45, 7) is 4.92. The van der Waals surface area contributed by atoms with Crippen molar-refractivity contribution in [2.45, 2.75) is 84.6 Å². The standard InChI is InChI=1S/C27H38FN7O4.C12H15FN6/c1-19-30-25(24(28)26(31-19)34(2)16-21-10-12-29-13-11-21)32-33-27(37)22(15-20-7-3-4-8-20)17-35(18-36)39-23-9-5-6-14-38-23;1-8-16-11(18-14)10(13)12(17-8)19(2)7-9-3-5-15-6-4-9/h10-13,18,20,22-23H,3-9,14-17H2,1-2H3,(H,33,37)(H,30,31,32);3-6H,7,14H2,1-2H3,(H,16,17,18)/t22-,23?;/m1./s1. The highest BCUT2D eigenvalue weighted by Crippen LogP contribution is 2.31. The first-order valence-corrected chi connectivity index (χ1v) is 19.4. The summed E-state index contributed by atoms with van der Waals surface area (Å²) in [4.78, 5) is 58.6. The van der Waals surface area contributed by atoms with E-state index in [0.717, 1.165) is 54.7 Å². The van der Waals surface area contributed by atoms with Crippen LogP contribution in [-0.4, -0.2) is 80.8 Å². The molecule has 5 N–H and O–H groups in total. The minimum absolute atomic E-state index is 0.0101. The van der Waals surface area contributed by atoms with Gasteiger partial charge in [0.1, 0.15) is 11.6 Å². The lowest BCUT2D eigenvalue weighted by Gasteiger charge is -2.30. The highest BCUT2D eigenvalue weighted by atomic mass is 19.1. The van der Waals surface area contributed by atoms with Gasteiger partial charge in [0.2, 0.25) is 24.0 Å². The number of carbonyl (C=O) groups is 2. The fraction of sp³-hybridized carbons (Fsp3) is 0.487. The molecule has 0 spiro atoms. The van der Waals surface area contributed by atoms with Gasteiger partial charge in [-0.3, -0.25) is 30.4 Å². The topological polar surface area (TPSA) is 202 Å². The number of ether oxygens (including phenoxy) is 1. The summed E-state index contributed by atoms with van der Waals surface area (Å²) >= 11 is 0. The summed E-state index contributed by atoms with van der Waals surface area (Å²) in [5.74, 6) is 4.40. The third-order valence-corrected chi connectivity index (χ3v) is 9.77. The van der Waals surface area contributed by atoms with E-state index in [1.165, 1.54) is 0 Å². The largest absolute Gasteiger partial charge is 0.353 e. The van der Waals surface area contributed by atoms with Crippen LogP contribution in [-0.2, 0) is 32.3 Å². The van der Waals surface area contributed by atoms with Gasteiger partial charge in [-0.05, 0) is 74.4 Å². The molecule has 2 aliphatic rings. The number of nitrogen functional groups attached to an aromatic ring is 1. The van der Waals surface area contributed by atoms with Crippen molar-refractivity contribution in [3.05, 3.63) is 83.5 Å². The lowest BCUT2D eigenvalue weighted by atomic mass is 9.92. The predicted octanol–water partition coefficient (Wildman–Crippen LogP) is 4.75. The molecule has 2 atom stereocenters. The Morgan fingerprint density at radius 3 is 1.91 bits per heavy atom. The predicted molar refractivity (Wildman–Crippen MR) is 213 cm³/mol. The average Bonchev–Trinajstić information content (AvgIpc) is 3.75. The number of halogens is 2. The van der Waals surface area contributed by atoms with E-state index in [1.807, 2.05) is 24.3 Å². The normalized spacial score (nSPS) is 15.7. The highest BCUT2D eigenvalue weighted by Gasteiger charge is 2.29. The first-order valence-electron chi connectivity index (χ1n) is 19.4. The van der Waals surface area contributed by atoms with Crippen molar-refractivity contribution in [2.75, 3.05) is 47.9 Å². The monoisotopic (exact) mass is 805 g/mol. The Bertz CT molecular complexity index is 1910. The van der Waals surface area contributed by atoms with Crippen LogP contribution in [0.15, 0.2) is 49.1 Å². The lowest BCUT2D eigenvalue weighted by molar-refractivity contribution is -0.276. The summed E-state index contributed by atoms with van der Waals surface area (Å²) in [7, 11) is 3.49. The Kier molecular flexibility index (Phi) is 16.3. The molecule has 1 unspecified atom stereocenters. The molecular weight excluding hydrogens is 753 g/mol. The molecule has 6 rings (SSSR count). The number of aryl methyl sites for hydroxylation is 2. The van der Waals surface area contributed by atoms with E-state index >= 15 is 4.39 Å². The number of anilines is 4. The molecule has 2 fully saturated rings. The van der Waals surface area contributed by atoms with E-state index in [1.54, 1.807) is 62.5 Å². The minimum atomic E-state index is -0.683. The minimum Gasteiger partial charge on any atom is -0.353 e. The van der Waals surface area contributed by atoms with Crippen LogP contribution in [0.25, 0.3) is 0 Å². The number of hydrogen-bond donors (Lipinski definition) is 4. The molecule has 4 aromatic rings. The summed E-state index contributed by atoms with van der Waals surface area (Å²) in [6, 6.07) is 7.42. The van der Waals surface area contributed by atoms with E-state index in [9.17, 15) is 14.0 Å². The zero-order valence-corrected chi connectivity index (χ0v) is 33.4. The molecule has 1 saturated heterocycles. The van der Waals surface area contributed by atoms with Crippen molar-refractivity contribution in [2.24, 2.45) is 17.7 Å². The maximum absolute atomic E-state index is 15.4. The molecule has 1 saturated carbocycles. The molecule has 1 aliphatic heterocycles. The number of aromatic nitrogens is 6. The van der Waals surface area contributed by atoms with Gasteiger partial charge in [0.05, 0.1) is 12.5 Å². The van der Waals surface area contributed by atoms with Crippen molar-refractivity contribution in [1.82, 2.24) is 40.4 Å². The average molecular weight is 806 g/mol. The maximum Gasteiger partial charge on any atom is 0.243 e. The van der Waals surface area contributed by atoms with Crippen molar-refractivity contribution in [3.8, 4) is 0 Å². The van der Waals surface area contributed by atoms with E-state index < -0.39 is 23.8 Å². The molecule has 0 bridgehead atoms. The van der Waals surface area contributed by atoms with Gasteiger partial charge in [-0.2, -0.15) is 8.78 Å². The second-order valence-electron chi connectivity index (χ2n) is 14.4. The third-order valence-electron chi connectivity index (χ3n) is 9.77. The third kappa shape index (κ3) is 12.7. The molecule has 312 valence electrons. The van der Waals surface area contributed by atoms with E-state index in [-0.39, 0.29) is 35.7 Å². The number of nitrogens with one attached hydrogen (secondary N) is 3. The number of hydrogen-bond acceptors (Lipinski definition) is 15. The van der Waals surface area contributed by atoms with Gasteiger partial charge in [0, 0.05) is 65.0 Å². The second-order valence-corrected chi connectivity index (χ2v) is 14.4. The molecule has 0 aromatic carbocycles.